The van der Waals surface area contributed by atoms with Crippen LogP contribution in [0.3, 0.4) is 0 Å². The summed E-state index contributed by atoms with van der Waals surface area (Å²) in [7, 11) is 8.06. The summed E-state index contributed by atoms with van der Waals surface area (Å²) in [6.07, 6.45) is 6.98. The van der Waals surface area contributed by atoms with Crippen molar-refractivity contribution in [2.45, 2.75) is 27.7 Å². The molecule has 0 unspecified atom stereocenters. The molecule has 8 aromatic rings. The van der Waals surface area contributed by atoms with Crippen LogP contribution < -0.4 is 20.9 Å². The number of nitrogens with two attached hydrogens (primary N) is 1. The lowest BCUT2D eigenvalue weighted by Gasteiger charge is -2.18. The summed E-state index contributed by atoms with van der Waals surface area (Å²) >= 11 is 6.33. The highest BCUT2D eigenvalue weighted by molar-refractivity contribution is 6.35. The Labute approximate surface area is 399 Å². The third-order valence-corrected chi connectivity index (χ3v) is 11.5. The number of nitrogens with one attached hydrogen (secondary N) is 1. The molecule has 3 N–H and O–H groups in total. The van der Waals surface area contributed by atoms with Gasteiger partial charge in [-0.2, -0.15) is 0 Å². The summed E-state index contributed by atoms with van der Waals surface area (Å²) in [6.45, 7) is 10.7. The van der Waals surface area contributed by atoms with E-state index >= 15 is 0 Å². The van der Waals surface area contributed by atoms with Crippen molar-refractivity contribution in [1.82, 2.24) is 29.7 Å². The van der Waals surface area contributed by atoms with E-state index in [1.54, 1.807) is 23.5 Å². The van der Waals surface area contributed by atoms with Gasteiger partial charge in [0.15, 0.2) is 0 Å². The number of carbonyl (C=O) groups excluding carboxylic acids is 2. The lowest BCUT2D eigenvalue weighted by atomic mass is 10.1. The molecule has 0 aliphatic carbocycles. The smallest absolute Gasteiger partial charge is 0.253 e. The SMILES string of the molecule is CCN(CC)C(=O)c1ccc(-c2cc(Cl)c3cnccc3n2)cc1.CCN(CC)C(=O)c1ccc(-c2cc(Nc3ccc(N(C)C)cc3)c3cnccc3n2)cc1.CN(C)c1ccc(N)cc1. The Kier molecular flexibility index (Phi) is 16.8. The Morgan fingerprint density at radius 1 is 0.552 bits per heavy atom. The van der Waals surface area contributed by atoms with Crippen LogP contribution in [-0.4, -0.2) is 95.9 Å². The molecule has 0 saturated carbocycles. The van der Waals surface area contributed by atoms with E-state index in [0.717, 1.165) is 67.1 Å². The number of pyridine rings is 4. The summed E-state index contributed by atoms with van der Waals surface area (Å²) < 4.78 is 0. The monoisotopic (exact) mass is 914 g/mol. The molecular formula is C54H59ClN10O2. The highest BCUT2D eigenvalue weighted by atomic mass is 35.5. The zero-order valence-electron chi connectivity index (χ0n) is 39.5. The van der Waals surface area contributed by atoms with Crippen molar-refractivity contribution in [3.63, 3.8) is 0 Å². The van der Waals surface area contributed by atoms with Gasteiger partial charge < -0.3 is 30.7 Å². The van der Waals surface area contributed by atoms with Crippen molar-refractivity contribution >= 4 is 73.7 Å². The summed E-state index contributed by atoms with van der Waals surface area (Å²) in [6, 6.07) is 38.8. The van der Waals surface area contributed by atoms with Gasteiger partial charge >= 0.3 is 0 Å². The van der Waals surface area contributed by atoms with Crippen LogP contribution in [0.1, 0.15) is 48.4 Å². The Hall–Kier alpha value is -7.57. The van der Waals surface area contributed by atoms with Gasteiger partial charge in [-0.1, -0.05) is 35.9 Å². The molecule has 4 aromatic carbocycles. The first kappa shape index (κ1) is 48.9. The van der Waals surface area contributed by atoms with E-state index in [1.165, 1.54) is 5.69 Å². The number of fused-ring (bicyclic) bond motifs is 2. The molecule has 0 aliphatic rings. The number of carbonyl (C=O) groups is 2. The number of amides is 2. The lowest BCUT2D eigenvalue weighted by molar-refractivity contribution is 0.0765. The van der Waals surface area contributed by atoms with Crippen LogP contribution in [0.25, 0.3) is 44.3 Å². The van der Waals surface area contributed by atoms with Crippen LogP contribution in [-0.2, 0) is 0 Å². The van der Waals surface area contributed by atoms with Crippen LogP contribution in [0.5, 0.6) is 0 Å². The predicted molar refractivity (Wildman–Crippen MR) is 279 cm³/mol. The molecule has 67 heavy (non-hydrogen) atoms. The van der Waals surface area contributed by atoms with Crippen LogP contribution in [0.15, 0.2) is 146 Å². The van der Waals surface area contributed by atoms with E-state index in [2.05, 4.69) is 49.4 Å². The van der Waals surface area contributed by atoms with Gasteiger partial charge in [0, 0.05) is 135 Å². The second-order valence-electron chi connectivity index (χ2n) is 16.0. The van der Waals surface area contributed by atoms with Gasteiger partial charge in [0.05, 0.1) is 33.1 Å². The van der Waals surface area contributed by atoms with Gasteiger partial charge in [0.2, 0.25) is 0 Å². The fraction of sp³-hybridized carbons (Fsp3) is 0.222. The molecule has 2 amide bonds. The Morgan fingerprint density at radius 3 is 1.42 bits per heavy atom. The summed E-state index contributed by atoms with van der Waals surface area (Å²) in [4.78, 5) is 50.6. The predicted octanol–water partition coefficient (Wildman–Crippen LogP) is 11.4. The van der Waals surface area contributed by atoms with E-state index in [1.807, 2.05) is 169 Å². The minimum absolute atomic E-state index is 0.0436. The molecular weight excluding hydrogens is 856 g/mol. The number of hydrogen-bond donors (Lipinski definition) is 2. The van der Waals surface area contributed by atoms with Crippen molar-refractivity contribution in [2.24, 2.45) is 0 Å². The number of nitrogen functional groups attached to an aromatic ring is 1. The minimum atomic E-state index is 0.0436. The summed E-state index contributed by atoms with van der Waals surface area (Å²) in [5.41, 5.74) is 17.1. The average Bonchev–Trinajstić information content (AvgIpc) is 3.35. The first-order chi connectivity index (χ1) is 32.3. The number of rotatable bonds is 12. The molecule has 0 aliphatic heterocycles. The van der Waals surface area contributed by atoms with Crippen molar-refractivity contribution < 1.29 is 9.59 Å². The fourth-order valence-electron chi connectivity index (χ4n) is 7.22. The maximum absolute atomic E-state index is 12.6. The Balaban J connectivity index is 0.000000189. The third kappa shape index (κ3) is 12.4. The molecule has 0 fully saturated rings. The molecule has 8 rings (SSSR count). The first-order valence-corrected chi connectivity index (χ1v) is 22.7. The highest BCUT2D eigenvalue weighted by Gasteiger charge is 2.15. The fourth-order valence-corrected chi connectivity index (χ4v) is 7.47. The number of anilines is 5. The zero-order chi connectivity index (χ0) is 48.0. The van der Waals surface area contributed by atoms with Crippen molar-refractivity contribution in [3.8, 4) is 22.5 Å². The number of hydrogen-bond acceptors (Lipinski definition) is 10. The average molecular weight is 916 g/mol. The standard InChI is InChI=1S/C27H29N5O.C19H18ClN3O.C8H12N2/c1-5-32(6-2)27(33)20-9-7-19(8-10-20)25-17-26(23-18-28-16-15-24(23)30-25)29-21-11-13-22(14-12-21)31(3)4;1-3-23(4-2)19(24)14-7-5-13(6-8-14)18-11-16(20)15-12-21-10-9-17(15)22-18;1-10(2)8-5-3-7(9)4-6-8/h7-18H,5-6H2,1-4H3,(H,29,30);5-12H,3-4H2,1-2H3;3-6H,9H2,1-2H3. The van der Waals surface area contributed by atoms with Crippen LogP contribution in [0.2, 0.25) is 5.02 Å². The molecule has 0 radical (unpaired) electrons. The van der Waals surface area contributed by atoms with Gasteiger partial charge in [-0.05, 0) is 125 Å². The van der Waals surface area contributed by atoms with Gasteiger partial charge in [0.25, 0.3) is 11.8 Å². The quantitative estimate of drug-likeness (QED) is 0.114. The molecule has 344 valence electrons. The summed E-state index contributed by atoms with van der Waals surface area (Å²) in [5, 5.41) is 5.92. The van der Waals surface area contributed by atoms with Gasteiger partial charge in [-0.25, -0.2) is 9.97 Å². The molecule has 0 atom stereocenters. The maximum Gasteiger partial charge on any atom is 0.253 e. The van der Waals surface area contributed by atoms with Crippen molar-refractivity contribution in [1.29, 1.82) is 0 Å². The lowest BCUT2D eigenvalue weighted by Crippen LogP contribution is -2.30. The Morgan fingerprint density at radius 2 is 0.970 bits per heavy atom. The van der Waals surface area contributed by atoms with Crippen LogP contribution in [0, 0.1) is 0 Å². The zero-order valence-corrected chi connectivity index (χ0v) is 40.3. The van der Waals surface area contributed by atoms with E-state index in [-0.39, 0.29) is 11.8 Å². The molecule has 13 heteroatoms. The third-order valence-electron chi connectivity index (χ3n) is 11.2. The number of aromatic nitrogens is 4. The molecule has 0 saturated heterocycles. The van der Waals surface area contributed by atoms with Crippen LogP contribution in [0.4, 0.5) is 28.4 Å². The Bertz CT molecular complexity index is 2880. The first-order valence-electron chi connectivity index (χ1n) is 22.4. The minimum Gasteiger partial charge on any atom is -0.399 e. The van der Waals surface area contributed by atoms with E-state index in [9.17, 15) is 9.59 Å². The normalized spacial score (nSPS) is 10.6. The highest BCUT2D eigenvalue weighted by Crippen LogP contribution is 2.32. The topological polar surface area (TPSA) is 137 Å². The van der Waals surface area contributed by atoms with E-state index in [0.29, 0.717) is 42.3 Å². The second kappa shape index (κ2) is 23.1. The van der Waals surface area contributed by atoms with E-state index < -0.39 is 0 Å². The number of halogens is 1. The molecule has 4 heterocycles. The number of nitrogens with zero attached hydrogens (tertiary/aromatic N) is 8. The molecule has 0 spiro atoms. The maximum atomic E-state index is 12.6. The molecule has 4 aromatic heterocycles. The molecule has 12 nitrogen and oxygen atoms in total. The van der Waals surface area contributed by atoms with Crippen molar-refractivity contribution in [3.05, 3.63) is 162 Å². The van der Waals surface area contributed by atoms with Gasteiger partial charge in [-0.3, -0.25) is 19.6 Å². The summed E-state index contributed by atoms with van der Waals surface area (Å²) in [5.74, 6) is 0.0924. The van der Waals surface area contributed by atoms with Gasteiger partial charge in [-0.15, -0.1) is 0 Å². The second-order valence-corrected chi connectivity index (χ2v) is 16.4. The number of benzene rings is 4. The van der Waals surface area contributed by atoms with Crippen LogP contribution >= 0.6 is 11.6 Å². The van der Waals surface area contributed by atoms with Crippen molar-refractivity contribution in [2.75, 3.05) is 75.2 Å². The largest absolute Gasteiger partial charge is 0.399 e. The van der Waals surface area contributed by atoms with E-state index in [4.69, 9.17) is 22.3 Å². The molecule has 0 bridgehead atoms. The van der Waals surface area contributed by atoms with Gasteiger partial charge in [0.1, 0.15) is 0 Å².